The molecule has 0 aliphatic rings. The van der Waals surface area contributed by atoms with Crippen LogP contribution in [0, 0.1) is 0 Å². The Morgan fingerprint density at radius 3 is 1.20 bits per heavy atom. The molecule has 0 rings (SSSR count). The third kappa shape index (κ3) is 11.6. The predicted molar refractivity (Wildman–Crippen MR) is 29.1 cm³/mol. The average Bonchev–Trinajstić information content (AvgIpc) is 1.14. The molecule has 9 heteroatoms. The van der Waals surface area contributed by atoms with Crippen molar-refractivity contribution in [3.8, 4) is 0 Å². The van der Waals surface area contributed by atoms with Crippen LogP contribution in [-0.4, -0.2) is 31.0 Å². The van der Waals surface area contributed by atoms with E-state index < -0.39 is 25.3 Å². The summed E-state index contributed by atoms with van der Waals surface area (Å²) in [5.74, 6) is 0. The van der Waals surface area contributed by atoms with E-state index in [-0.39, 0.29) is 31.0 Å². The van der Waals surface area contributed by atoms with E-state index in [4.69, 9.17) is 9.11 Å². The van der Waals surface area contributed by atoms with Gasteiger partial charge in [0.15, 0.2) is 0 Å². The third-order valence-electron chi connectivity index (χ3n) is 0.298. The molecular weight excluding hydrogens is 195 g/mol. The van der Waals surface area contributed by atoms with Gasteiger partial charge in [-0.2, -0.15) is 16.8 Å². The minimum absolute atomic E-state index is 0. The van der Waals surface area contributed by atoms with Gasteiger partial charge in [-0.05, 0) is 0 Å². The smallest absolute Gasteiger partial charge is 1.00 e. The minimum Gasteiger partial charge on any atom is -1.00 e. The van der Waals surface area contributed by atoms with E-state index in [1.807, 2.05) is 0 Å². The molecule has 0 radical (unpaired) electrons. The van der Waals surface area contributed by atoms with Gasteiger partial charge in [0, 0.05) is 0 Å². The first-order chi connectivity index (χ1) is 3.71. The Morgan fingerprint density at radius 1 is 1.00 bits per heavy atom. The zero-order valence-electron chi connectivity index (χ0n) is 6.05. The van der Waals surface area contributed by atoms with E-state index in [2.05, 4.69) is 0 Å². The van der Waals surface area contributed by atoms with Crippen molar-refractivity contribution in [2.45, 2.75) is 0 Å². The molecule has 0 aromatic rings. The molecule has 10 heavy (non-hydrogen) atoms. The standard InChI is InChI=1S/CH4O6S2.Na.H/c2-8(3,4)1-9(5,6)7;;/h1H2,(H,2,3,4)(H,5,6,7);;/q;+1;-1. The molecule has 0 spiro atoms. The van der Waals surface area contributed by atoms with Crippen LogP contribution in [0.2, 0.25) is 0 Å². The predicted octanol–water partition coefficient (Wildman–Crippen LogP) is -4.16. The summed E-state index contributed by atoms with van der Waals surface area (Å²) in [6, 6.07) is 0. The van der Waals surface area contributed by atoms with Gasteiger partial charge in [-0.3, -0.25) is 9.11 Å². The minimum atomic E-state index is -4.62. The van der Waals surface area contributed by atoms with Crippen molar-refractivity contribution < 1.29 is 56.9 Å². The van der Waals surface area contributed by atoms with Crippen molar-refractivity contribution in [3.05, 3.63) is 0 Å². The summed E-state index contributed by atoms with van der Waals surface area (Å²) in [6.45, 7) is 0. The average molecular weight is 200 g/mol. The van der Waals surface area contributed by atoms with Crippen LogP contribution in [0.1, 0.15) is 1.43 Å². The monoisotopic (exact) mass is 200 g/mol. The second-order valence-electron chi connectivity index (χ2n) is 1.28. The van der Waals surface area contributed by atoms with Crippen LogP contribution in [-0.2, 0) is 20.2 Å². The maximum absolute atomic E-state index is 9.66. The van der Waals surface area contributed by atoms with E-state index in [0.717, 1.165) is 0 Å². The molecule has 0 aliphatic carbocycles. The van der Waals surface area contributed by atoms with Crippen LogP contribution in [0.3, 0.4) is 0 Å². The summed E-state index contributed by atoms with van der Waals surface area (Å²) in [5.41, 5.74) is 0. The Bertz CT molecular complexity index is 246. The maximum atomic E-state index is 9.66. The number of hydrogen-bond acceptors (Lipinski definition) is 4. The van der Waals surface area contributed by atoms with Gasteiger partial charge < -0.3 is 1.43 Å². The largest absolute Gasteiger partial charge is 1.00 e. The molecule has 0 unspecified atom stereocenters. The van der Waals surface area contributed by atoms with Crippen molar-refractivity contribution in [1.29, 1.82) is 0 Å². The van der Waals surface area contributed by atoms with Crippen LogP contribution >= 0.6 is 0 Å². The third-order valence-corrected chi connectivity index (χ3v) is 2.68. The van der Waals surface area contributed by atoms with Crippen LogP contribution in [0.5, 0.6) is 0 Å². The fourth-order valence-electron chi connectivity index (χ4n) is 0.188. The summed E-state index contributed by atoms with van der Waals surface area (Å²) < 4.78 is 54.2. The van der Waals surface area contributed by atoms with Crippen LogP contribution in [0.15, 0.2) is 0 Å². The maximum Gasteiger partial charge on any atom is 1.00 e. The summed E-state index contributed by atoms with van der Waals surface area (Å²) in [7, 11) is -9.24. The van der Waals surface area contributed by atoms with Crippen molar-refractivity contribution in [2.24, 2.45) is 0 Å². The summed E-state index contributed by atoms with van der Waals surface area (Å²) in [4.78, 5) is 0. The molecule has 6 nitrogen and oxygen atoms in total. The first kappa shape index (κ1) is 13.4. The summed E-state index contributed by atoms with van der Waals surface area (Å²) >= 11 is 0. The summed E-state index contributed by atoms with van der Waals surface area (Å²) in [6.07, 6.45) is 0. The second kappa shape index (κ2) is 4.00. The second-order valence-corrected chi connectivity index (χ2v) is 4.55. The van der Waals surface area contributed by atoms with Gasteiger partial charge in [0.25, 0.3) is 20.2 Å². The molecule has 0 fully saturated rings. The normalized spacial score (nSPS) is 12.2. The van der Waals surface area contributed by atoms with Crippen molar-refractivity contribution in [1.82, 2.24) is 0 Å². The Kier molecular flexibility index (Phi) is 5.36. The molecule has 2 N–H and O–H groups in total. The van der Waals surface area contributed by atoms with Crippen LogP contribution in [0.4, 0.5) is 0 Å². The molecular formula is CH5NaO6S2. The fraction of sp³-hybridized carbons (Fsp3) is 1.00. The quantitative estimate of drug-likeness (QED) is 0.346. The number of hydrogen-bond donors (Lipinski definition) is 2. The van der Waals surface area contributed by atoms with E-state index in [0.29, 0.717) is 0 Å². The van der Waals surface area contributed by atoms with E-state index >= 15 is 0 Å². The molecule has 0 aromatic carbocycles. The van der Waals surface area contributed by atoms with Crippen molar-refractivity contribution in [2.75, 3.05) is 5.08 Å². The zero-order chi connectivity index (χ0) is 7.71. The van der Waals surface area contributed by atoms with Gasteiger partial charge in [0.2, 0.25) is 5.08 Å². The van der Waals surface area contributed by atoms with E-state index in [1.54, 1.807) is 0 Å². The van der Waals surface area contributed by atoms with Gasteiger partial charge >= 0.3 is 29.6 Å². The van der Waals surface area contributed by atoms with Crippen molar-refractivity contribution in [3.63, 3.8) is 0 Å². The van der Waals surface area contributed by atoms with Crippen LogP contribution in [0.25, 0.3) is 0 Å². The van der Waals surface area contributed by atoms with Gasteiger partial charge in [0.1, 0.15) is 0 Å². The van der Waals surface area contributed by atoms with Gasteiger partial charge in [-0.15, -0.1) is 0 Å². The zero-order valence-corrected chi connectivity index (χ0v) is 8.68. The topological polar surface area (TPSA) is 109 Å². The molecule has 0 aliphatic heterocycles. The molecule has 0 aromatic heterocycles. The van der Waals surface area contributed by atoms with Gasteiger partial charge in [-0.1, -0.05) is 0 Å². The van der Waals surface area contributed by atoms with Gasteiger partial charge in [-0.25, -0.2) is 0 Å². The van der Waals surface area contributed by atoms with Crippen LogP contribution < -0.4 is 29.6 Å². The molecule has 58 valence electrons. The first-order valence-corrected chi connectivity index (χ1v) is 4.83. The molecule has 0 amide bonds. The van der Waals surface area contributed by atoms with E-state index in [1.165, 1.54) is 0 Å². The SMILES string of the molecule is O=S(=O)(O)CS(=O)(=O)O.[H-].[Na+]. The Labute approximate surface area is 81.9 Å². The van der Waals surface area contributed by atoms with E-state index in [9.17, 15) is 16.8 Å². The Hall–Kier alpha value is 0.820. The summed E-state index contributed by atoms with van der Waals surface area (Å²) in [5, 5.41) is -1.65. The molecule has 0 bridgehead atoms. The molecule has 0 heterocycles. The van der Waals surface area contributed by atoms with Crippen molar-refractivity contribution >= 4 is 20.2 Å². The molecule has 0 saturated heterocycles. The van der Waals surface area contributed by atoms with Gasteiger partial charge in [0.05, 0.1) is 0 Å². The fourth-order valence-corrected chi connectivity index (χ4v) is 1.69. The Balaban J connectivity index is -0.000000320. The molecule has 0 saturated carbocycles. The first-order valence-electron chi connectivity index (χ1n) is 1.61. The Morgan fingerprint density at radius 2 is 1.20 bits per heavy atom. The molecule has 0 atom stereocenters. The number of rotatable bonds is 2.